The number of carbonyl (C=O) groups is 3. The maximum absolute atomic E-state index is 13.8. The Kier molecular flexibility index (Phi) is 5.55. The third-order valence-electron chi connectivity index (χ3n) is 6.25. The fourth-order valence-electron chi connectivity index (χ4n) is 4.37. The van der Waals surface area contributed by atoms with E-state index in [2.05, 4.69) is 0 Å². The largest absolute Gasteiger partial charge is 0.479 e. The Hall–Kier alpha value is -4.33. The zero-order valence-corrected chi connectivity index (χ0v) is 18.2. The maximum Gasteiger partial charge on any atom is 0.416 e. The van der Waals surface area contributed by atoms with E-state index in [1.54, 1.807) is 0 Å². The molecule has 11 heteroatoms. The molecule has 1 atom stereocenters. The van der Waals surface area contributed by atoms with Crippen LogP contribution < -0.4 is 4.90 Å². The second-order valence-corrected chi connectivity index (χ2v) is 8.31. The van der Waals surface area contributed by atoms with Gasteiger partial charge in [0.2, 0.25) is 0 Å². The molecule has 180 valence electrons. The second-order valence-electron chi connectivity index (χ2n) is 8.31. The number of urea groups is 1. The summed E-state index contributed by atoms with van der Waals surface area (Å²) < 4.78 is 40.0. The lowest BCUT2D eigenvalue weighted by atomic mass is 9.90. The molecule has 1 heterocycles. The lowest BCUT2D eigenvalue weighted by molar-refractivity contribution is -0.145. The Labute approximate surface area is 197 Å². The van der Waals surface area contributed by atoms with Crippen molar-refractivity contribution in [3.63, 3.8) is 0 Å². The molecule has 1 fully saturated rings. The normalized spacial score (nSPS) is 19.4. The van der Waals surface area contributed by atoms with Gasteiger partial charge in [0.05, 0.1) is 34.5 Å². The van der Waals surface area contributed by atoms with Crippen molar-refractivity contribution in [2.75, 3.05) is 4.90 Å². The van der Waals surface area contributed by atoms with Crippen LogP contribution in [0.2, 0.25) is 0 Å². The summed E-state index contributed by atoms with van der Waals surface area (Å²) in [6, 6.07) is 9.12. The lowest BCUT2D eigenvalue weighted by Gasteiger charge is -2.45. The number of carbonyl (C=O) groups excluding carboxylic acids is 1. The minimum Gasteiger partial charge on any atom is -0.479 e. The molecule has 0 bridgehead atoms. The van der Waals surface area contributed by atoms with E-state index in [1.165, 1.54) is 37.3 Å². The van der Waals surface area contributed by atoms with E-state index in [9.17, 15) is 37.8 Å². The van der Waals surface area contributed by atoms with Crippen molar-refractivity contribution in [2.45, 2.75) is 37.5 Å². The third kappa shape index (κ3) is 3.86. The number of nitrogens with zero attached hydrogens (tertiary/aromatic N) is 3. The predicted octanol–water partition coefficient (Wildman–Crippen LogP) is 4.54. The number of carboxylic acid groups (broad SMARTS) is 2. The molecule has 0 radical (unpaired) electrons. The van der Waals surface area contributed by atoms with Crippen molar-refractivity contribution in [2.24, 2.45) is 0 Å². The molecule has 0 aromatic heterocycles. The summed E-state index contributed by atoms with van der Waals surface area (Å²) >= 11 is 0. The first-order valence-electron chi connectivity index (χ1n) is 10.4. The summed E-state index contributed by atoms with van der Waals surface area (Å²) in [7, 11) is 0. The van der Waals surface area contributed by atoms with E-state index in [0.717, 1.165) is 21.9 Å². The van der Waals surface area contributed by atoms with E-state index in [4.69, 9.17) is 5.26 Å². The van der Waals surface area contributed by atoms with Crippen molar-refractivity contribution in [1.29, 1.82) is 5.26 Å². The van der Waals surface area contributed by atoms with Crippen molar-refractivity contribution in [3.8, 4) is 6.07 Å². The van der Waals surface area contributed by atoms with Gasteiger partial charge in [-0.15, -0.1) is 0 Å². The Morgan fingerprint density at radius 1 is 1.11 bits per heavy atom. The van der Waals surface area contributed by atoms with Gasteiger partial charge in [0.1, 0.15) is 5.54 Å². The molecule has 35 heavy (non-hydrogen) atoms. The molecular weight excluding hydrogens is 467 g/mol. The number of allylic oxidation sites excluding steroid dienone is 1. The van der Waals surface area contributed by atoms with Crippen molar-refractivity contribution in [3.05, 3.63) is 76.5 Å². The summed E-state index contributed by atoms with van der Waals surface area (Å²) in [6.45, 7) is 1.29. The standard InChI is InChI=1S/C24H18F3N3O5/c1-13-18(20(31)32)19(15-7-5-14(12-28)6-8-15)30(23(9-10-23)21(33)34)22(35)29(13)17-4-2-3-16(11-17)24(25,26)27/h2-8,11,19H,9-10H2,1H3,(H,31,32)(H,33,34). The molecule has 4 rings (SSSR count). The monoisotopic (exact) mass is 485 g/mol. The van der Waals surface area contributed by atoms with Gasteiger partial charge in [-0.1, -0.05) is 18.2 Å². The highest BCUT2D eigenvalue weighted by Gasteiger charge is 2.62. The number of benzene rings is 2. The SMILES string of the molecule is CC1=C(C(=O)O)C(c2ccc(C#N)cc2)N(C2(C(=O)O)CC2)C(=O)N1c1cccc(C(F)(F)F)c1. The molecule has 1 saturated carbocycles. The van der Waals surface area contributed by atoms with Gasteiger partial charge in [0, 0.05) is 5.70 Å². The first-order chi connectivity index (χ1) is 16.4. The molecule has 0 saturated heterocycles. The molecule has 0 spiro atoms. The van der Waals surface area contributed by atoms with Gasteiger partial charge in [-0.3, -0.25) is 9.80 Å². The number of amides is 2. The number of rotatable bonds is 5. The number of hydrogen-bond acceptors (Lipinski definition) is 4. The highest BCUT2D eigenvalue weighted by atomic mass is 19.4. The van der Waals surface area contributed by atoms with Gasteiger partial charge in [0.25, 0.3) is 0 Å². The van der Waals surface area contributed by atoms with Crippen LogP contribution in [0.5, 0.6) is 0 Å². The van der Waals surface area contributed by atoms with Crippen molar-refractivity contribution < 1.29 is 37.8 Å². The average molecular weight is 485 g/mol. The number of hydrogen-bond donors (Lipinski definition) is 2. The fraction of sp³-hybridized carbons (Fsp3) is 0.250. The highest BCUT2D eigenvalue weighted by molar-refractivity contribution is 6.05. The second kappa shape index (κ2) is 8.16. The van der Waals surface area contributed by atoms with Crippen LogP contribution in [-0.4, -0.2) is 38.6 Å². The summed E-state index contributed by atoms with van der Waals surface area (Å²) in [6.07, 6.45) is -4.63. The molecule has 8 nitrogen and oxygen atoms in total. The number of aliphatic carboxylic acids is 2. The van der Waals surface area contributed by atoms with E-state index < -0.39 is 41.3 Å². The molecular formula is C24H18F3N3O5. The van der Waals surface area contributed by atoms with Gasteiger partial charge < -0.3 is 10.2 Å². The first kappa shape index (κ1) is 23.8. The van der Waals surface area contributed by atoms with Crippen LogP contribution in [0.1, 0.15) is 42.5 Å². The first-order valence-corrected chi connectivity index (χ1v) is 10.4. The molecule has 1 unspecified atom stereocenters. The van der Waals surface area contributed by atoms with Gasteiger partial charge in [-0.05, 0) is 55.7 Å². The van der Waals surface area contributed by atoms with Crippen LogP contribution in [0.25, 0.3) is 0 Å². The van der Waals surface area contributed by atoms with Crippen molar-refractivity contribution >= 4 is 23.7 Å². The Morgan fingerprint density at radius 3 is 2.23 bits per heavy atom. The molecule has 2 N–H and O–H groups in total. The van der Waals surface area contributed by atoms with Crippen LogP contribution in [-0.2, 0) is 15.8 Å². The summed E-state index contributed by atoms with van der Waals surface area (Å²) in [4.78, 5) is 40.2. The Balaban J connectivity index is 1.97. The molecule has 2 amide bonds. The Bertz CT molecular complexity index is 1310. The number of alkyl halides is 3. The smallest absolute Gasteiger partial charge is 0.416 e. The summed E-state index contributed by atoms with van der Waals surface area (Å²) in [5.74, 6) is -2.81. The van der Waals surface area contributed by atoms with Crippen LogP contribution in [0.3, 0.4) is 0 Å². The molecule has 2 aromatic rings. The predicted molar refractivity (Wildman–Crippen MR) is 115 cm³/mol. The highest BCUT2D eigenvalue weighted by Crippen LogP contribution is 2.52. The van der Waals surface area contributed by atoms with E-state index >= 15 is 0 Å². The summed E-state index contributed by atoms with van der Waals surface area (Å²) in [5, 5.41) is 29.2. The zero-order valence-electron chi connectivity index (χ0n) is 18.2. The molecule has 2 aromatic carbocycles. The fourth-order valence-corrected chi connectivity index (χ4v) is 4.37. The number of carboxylic acids is 2. The maximum atomic E-state index is 13.8. The van der Waals surface area contributed by atoms with Crippen LogP contribution >= 0.6 is 0 Å². The quantitative estimate of drug-likeness (QED) is 0.642. The molecule has 1 aliphatic carbocycles. The van der Waals surface area contributed by atoms with Gasteiger partial charge in [-0.2, -0.15) is 18.4 Å². The van der Waals surface area contributed by atoms with Gasteiger partial charge >= 0.3 is 24.1 Å². The van der Waals surface area contributed by atoms with Crippen molar-refractivity contribution in [1.82, 2.24) is 4.90 Å². The number of nitriles is 1. The average Bonchev–Trinajstić information content (AvgIpc) is 3.60. The van der Waals surface area contributed by atoms with Gasteiger partial charge in [-0.25, -0.2) is 14.4 Å². The van der Waals surface area contributed by atoms with Crippen LogP contribution in [0.15, 0.2) is 59.8 Å². The number of halogens is 3. The lowest BCUT2D eigenvalue weighted by Crippen LogP contribution is -2.58. The molecule has 2 aliphatic rings. The minimum absolute atomic E-state index is 0.0449. The molecule has 1 aliphatic heterocycles. The van der Waals surface area contributed by atoms with E-state index in [0.29, 0.717) is 6.07 Å². The van der Waals surface area contributed by atoms with E-state index in [1.807, 2.05) is 6.07 Å². The number of anilines is 1. The minimum atomic E-state index is -4.72. The van der Waals surface area contributed by atoms with Crippen LogP contribution in [0, 0.1) is 11.3 Å². The van der Waals surface area contributed by atoms with Gasteiger partial charge in [0.15, 0.2) is 0 Å². The topological polar surface area (TPSA) is 122 Å². The summed E-state index contributed by atoms with van der Waals surface area (Å²) in [5.41, 5.74) is -3.00. The Morgan fingerprint density at radius 2 is 1.74 bits per heavy atom. The third-order valence-corrected chi connectivity index (χ3v) is 6.25. The van der Waals surface area contributed by atoms with Crippen LogP contribution in [0.4, 0.5) is 23.7 Å². The van der Waals surface area contributed by atoms with E-state index in [-0.39, 0.29) is 40.9 Å². The zero-order chi connectivity index (χ0) is 25.7.